The van der Waals surface area contributed by atoms with Crippen LogP contribution in [0.1, 0.15) is 20.3 Å². The highest BCUT2D eigenvalue weighted by Crippen LogP contribution is 2.39. The van der Waals surface area contributed by atoms with Crippen LogP contribution in [0.2, 0.25) is 0 Å². The van der Waals surface area contributed by atoms with E-state index in [0.29, 0.717) is 0 Å². The van der Waals surface area contributed by atoms with Crippen molar-refractivity contribution >= 4 is 17.8 Å². The number of carbonyl (C=O) groups is 3. The smallest absolute Gasteiger partial charge is 0.364 e. The molecule has 0 unspecified atom stereocenters. The van der Waals surface area contributed by atoms with Crippen LogP contribution in [0.15, 0.2) is 0 Å². The van der Waals surface area contributed by atoms with Crippen LogP contribution in [0.4, 0.5) is 0 Å². The Labute approximate surface area is 322 Å². The second-order valence-electron chi connectivity index (χ2n) is 14.0. The largest absolute Gasteiger partial charge is 0.477 e. The van der Waals surface area contributed by atoms with Crippen LogP contribution in [0, 0.1) is 0 Å². The Morgan fingerprint density at radius 1 is 0.684 bits per heavy atom. The SMILES string of the molecule is CC(=O)N[C@H]1[C@H](O[C@@H]2[C@H](O)[C@@H](O)[C@H](O)O[C@@H]2CO)O[C@H](CO)[C@H](O)[C@@H]1O[C@@H]1O[C@H](CO)[C@H](O)[C@H](O[C@]2(C(=O)O)C[C@H](O)[C@@H](NC(C)=O)[C@H]([C@H](O)[C@H](O)CO)O2)[C@H]1O. The van der Waals surface area contributed by atoms with Gasteiger partial charge in [-0.25, -0.2) is 4.79 Å². The lowest BCUT2D eigenvalue weighted by Crippen LogP contribution is -2.71. The van der Waals surface area contributed by atoms with Crippen molar-refractivity contribution in [1.82, 2.24) is 10.6 Å². The molecule has 57 heavy (non-hydrogen) atoms. The minimum atomic E-state index is -3.13. The highest BCUT2D eigenvalue weighted by atomic mass is 16.8. The van der Waals surface area contributed by atoms with E-state index in [1.165, 1.54) is 0 Å². The zero-order valence-electron chi connectivity index (χ0n) is 30.4. The van der Waals surface area contributed by atoms with E-state index in [4.69, 9.17) is 33.2 Å². The first kappa shape index (κ1) is 47.3. The van der Waals surface area contributed by atoms with Gasteiger partial charge in [-0.1, -0.05) is 0 Å². The van der Waals surface area contributed by atoms with Gasteiger partial charge in [-0.3, -0.25) is 9.59 Å². The first-order valence-electron chi connectivity index (χ1n) is 17.7. The van der Waals surface area contributed by atoms with Gasteiger partial charge in [-0.05, 0) is 0 Å². The second-order valence-corrected chi connectivity index (χ2v) is 14.0. The van der Waals surface area contributed by atoms with Crippen LogP contribution in [-0.4, -0.2) is 244 Å². The van der Waals surface area contributed by atoms with Crippen LogP contribution >= 0.6 is 0 Å². The van der Waals surface area contributed by atoms with Crippen molar-refractivity contribution in [3.63, 3.8) is 0 Å². The first-order chi connectivity index (χ1) is 26.7. The van der Waals surface area contributed by atoms with E-state index in [0.717, 1.165) is 13.8 Å². The normalized spacial score (nSPS) is 45.1. The van der Waals surface area contributed by atoms with Gasteiger partial charge in [0, 0.05) is 20.3 Å². The molecule has 4 heterocycles. The maximum Gasteiger partial charge on any atom is 0.364 e. The summed E-state index contributed by atoms with van der Waals surface area (Å²) in [5.41, 5.74) is 0. The molecule has 4 aliphatic heterocycles. The quantitative estimate of drug-likeness (QED) is 0.0728. The van der Waals surface area contributed by atoms with Crippen LogP contribution in [0.25, 0.3) is 0 Å². The van der Waals surface area contributed by atoms with Crippen molar-refractivity contribution in [1.29, 1.82) is 0 Å². The molecule has 4 saturated heterocycles. The molecule has 26 heteroatoms. The van der Waals surface area contributed by atoms with E-state index >= 15 is 0 Å². The number of hydrogen-bond donors (Lipinski definition) is 16. The summed E-state index contributed by atoms with van der Waals surface area (Å²) >= 11 is 0. The van der Waals surface area contributed by atoms with Gasteiger partial charge in [0.2, 0.25) is 11.8 Å². The van der Waals surface area contributed by atoms with Crippen LogP contribution < -0.4 is 10.6 Å². The number of carbonyl (C=O) groups excluding carboxylic acids is 2. The number of rotatable bonds is 15. The standard InChI is InChI=1S/C31H52N2O24/c1-8(38)32-15-10(40)3-31(30(49)50,56-25(15)17(42)11(41)4-34)57-26-19(44)13(6-36)53-29(22(26)47)55-24-16(33-9(2)39)28(52-12(5-35)18(24)43)54-23-14(7-37)51-27(48)21(46)20(23)45/h10-29,34-37,40-48H,3-7H2,1-2H3,(H,32,38)(H,33,39)(H,49,50)/t10-,11+,12+,13+,14+,15+,16+,17+,18-,19-,20+,21+,22+,23-,24+,25+,26-,27+,28-,29-,31-/m0/s1. The Morgan fingerprint density at radius 3 is 1.74 bits per heavy atom. The lowest BCUT2D eigenvalue weighted by Gasteiger charge is -2.51. The third kappa shape index (κ3) is 10.2. The average molecular weight is 837 g/mol. The van der Waals surface area contributed by atoms with Crippen LogP contribution in [0.5, 0.6) is 0 Å². The van der Waals surface area contributed by atoms with Crippen molar-refractivity contribution in [3.05, 3.63) is 0 Å². The highest BCUT2D eigenvalue weighted by Gasteiger charge is 2.60. The number of aliphatic hydroxyl groups is 13. The molecule has 330 valence electrons. The molecule has 21 atom stereocenters. The van der Waals surface area contributed by atoms with Gasteiger partial charge in [-0.15, -0.1) is 0 Å². The summed E-state index contributed by atoms with van der Waals surface area (Å²) in [4.78, 5) is 37.2. The lowest BCUT2D eigenvalue weighted by molar-refractivity contribution is -0.385. The molecule has 16 N–H and O–H groups in total. The number of aliphatic hydroxyl groups excluding tert-OH is 13. The molecule has 4 rings (SSSR count). The molecule has 2 amide bonds. The Morgan fingerprint density at radius 2 is 1.21 bits per heavy atom. The van der Waals surface area contributed by atoms with E-state index in [1.54, 1.807) is 0 Å². The molecule has 0 spiro atoms. The van der Waals surface area contributed by atoms with Crippen LogP contribution in [0.3, 0.4) is 0 Å². The Kier molecular flexibility index (Phi) is 16.4. The van der Waals surface area contributed by atoms with Crippen molar-refractivity contribution in [2.45, 2.75) is 149 Å². The number of nitrogens with one attached hydrogen (secondary N) is 2. The highest BCUT2D eigenvalue weighted by molar-refractivity contribution is 5.76. The minimum Gasteiger partial charge on any atom is -0.477 e. The fourth-order valence-electron chi connectivity index (χ4n) is 7.05. The number of carboxylic acid groups (broad SMARTS) is 1. The first-order valence-corrected chi connectivity index (χ1v) is 17.7. The van der Waals surface area contributed by atoms with Gasteiger partial charge in [0.1, 0.15) is 91.5 Å². The molecule has 0 aromatic carbocycles. The molecule has 0 aliphatic carbocycles. The fraction of sp³-hybridized carbons (Fsp3) is 0.903. The molecule has 0 aromatic heterocycles. The molecule has 0 bridgehead atoms. The van der Waals surface area contributed by atoms with Gasteiger partial charge in [-0.2, -0.15) is 0 Å². The summed E-state index contributed by atoms with van der Waals surface area (Å²) in [7, 11) is 0. The lowest BCUT2D eigenvalue weighted by atomic mass is 9.88. The number of aliphatic carboxylic acids is 1. The number of amides is 2. The molecule has 4 fully saturated rings. The maximum absolute atomic E-state index is 12.8. The topological polar surface area (TPSA) is 423 Å². The van der Waals surface area contributed by atoms with Crippen LogP contribution in [-0.2, 0) is 47.5 Å². The minimum absolute atomic E-state index is 0.792. The average Bonchev–Trinajstić information content (AvgIpc) is 3.16. The van der Waals surface area contributed by atoms with Gasteiger partial charge in [0.05, 0.1) is 38.6 Å². The Balaban J connectivity index is 1.69. The predicted octanol–water partition coefficient (Wildman–Crippen LogP) is -10.3. The molecule has 0 radical (unpaired) electrons. The van der Waals surface area contributed by atoms with Crippen molar-refractivity contribution in [2.75, 3.05) is 26.4 Å². The molecule has 0 aromatic rings. The fourth-order valence-corrected chi connectivity index (χ4v) is 7.05. The Hall–Kier alpha value is -2.39. The van der Waals surface area contributed by atoms with Gasteiger partial charge in [0.15, 0.2) is 18.9 Å². The predicted molar refractivity (Wildman–Crippen MR) is 174 cm³/mol. The van der Waals surface area contributed by atoms with Gasteiger partial charge >= 0.3 is 5.97 Å². The maximum atomic E-state index is 12.8. The molecular formula is C31H52N2O24. The second kappa shape index (κ2) is 19.8. The van der Waals surface area contributed by atoms with Gasteiger partial charge < -0.3 is 115 Å². The van der Waals surface area contributed by atoms with Crippen molar-refractivity contribution < 1.29 is 119 Å². The molecule has 0 saturated carbocycles. The summed E-state index contributed by atoms with van der Waals surface area (Å²) in [6.07, 6.45) is -36.4. The van der Waals surface area contributed by atoms with Crippen molar-refractivity contribution in [3.8, 4) is 0 Å². The number of carboxylic acids is 1. The number of ether oxygens (including phenoxy) is 7. The third-order valence-corrected chi connectivity index (χ3v) is 9.98. The zero-order valence-corrected chi connectivity index (χ0v) is 30.4. The summed E-state index contributed by atoms with van der Waals surface area (Å²) in [5.74, 6) is -6.79. The number of hydrogen-bond acceptors (Lipinski definition) is 23. The molecular weight excluding hydrogens is 784 g/mol. The summed E-state index contributed by atoms with van der Waals surface area (Å²) in [6, 6.07) is -3.32. The monoisotopic (exact) mass is 836 g/mol. The van der Waals surface area contributed by atoms with E-state index in [1.807, 2.05) is 0 Å². The van der Waals surface area contributed by atoms with Gasteiger partial charge in [0.25, 0.3) is 5.79 Å². The summed E-state index contributed by atoms with van der Waals surface area (Å²) in [5, 5.41) is 151. The van der Waals surface area contributed by atoms with E-state index < -0.39 is 179 Å². The summed E-state index contributed by atoms with van der Waals surface area (Å²) in [6.45, 7) is -2.02. The molecule has 4 aliphatic rings. The van der Waals surface area contributed by atoms with E-state index in [-0.39, 0.29) is 0 Å². The summed E-state index contributed by atoms with van der Waals surface area (Å²) < 4.78 is 39.2. The Bertz CT molecular complexity index is 1350. The zero-order chi connectivity index (χ0) is 42.7. The van der Waals surface area contributed by atoms with E-state index in [9.17, 15) is 85.9 Å². The molecule has 26 nitrogen and oxygen atoms in total. The van der Waals surface area contributed by atoms with Crippen molar-refractivity contribution in [2.24, 2.45) is 0 Å². The third-order valence-electron chi connectivity index (χ3n) is 9.98. The van der Waals surface area contributed by atoms with E-state index in [2.05, 4.69) is 10.6 Å².